The second-order valence-electron chi connectivity index (χ2n) is 6.25. The molecule has 3 fully saturated rings. The van der Waals surface area contributed by atoms with Gasteiger partial charge in [-0.25, -0.2) is 0 Å². The van der Waals surface area contributed by atoms with Crippen molar-refractivity contribution in [3.05, 3.63) is 0 Å². The molecule has 2 aliphatic heterocycles. The highest BCUT2D eigenvalue weighted by atomic mass is 15.3. The Morgan fingerprint density at radius 3 is 2.41 bits per heavy atom. The van der Waals surface area contributed by atoms with E-state index >= 15 is 0 Å². The summed E-state index contributed by atoms with van der Waals surface area (Å²) in [6.45, 7) is 7.35. The molecule has 2 N–H and O–H groups in total. The van der Waals surface area contributed by atoms with E-state index in [1.54, 1.807) is 0 Å². The van der Waals surface area contributed by atoms with Crippen molar-refractivity contribution >= 4 is 0 Å². The van der Waals surface area contributed by atoms with Gasteiger partial charge in [-0.15, -0.1) is 0 Å². The van der Waals surface area contributed by atoms with Crippen molar-refractivity contribution in [1.82, 2.24) is 9.80 Å². The van der Waals surface area contributed by atoms with Crippen LogP contribution in [0.3, 0.4) is 0 Å². The van der Waals surface area contributed by atoms with Gasteiger partial charge in [-0.05, 0) is 45.1 Å². The van der Waals surface area contributed by atoms with Crippen molar-refractivity contribution in [3.8, 4) is 0 Å². The molecule has 98 valence electrons. The molecular formula is C14H27N3. The lowest BCUT2D eigenvalue weighted by Crippen LogP contribution is -2.59. The zero-order valence-corrected chi connectivity index (χ0v) is 11.2. The quantitative estimate of drug-likeness (QED) is 0.806. The average molecular weight is 237 g/mol. The van der Waals surface area contributed by atoms with Crippen LogP contribution in [0.2, 0.25) is 0 Å². The SMILES string of the molecule is CCCN1CCC(N)C12CCN(C1CC1)CC2. The van der Waals surface area contributed by atoms with Crippen LogP contribution in [0.15, 0.2) is 0 Å². The molecule has 0 aromatic carbocycles. The molecule has 3 heteroatoms. The number of piperidine rings is 1. The van der Waals surface area contributed by atoms with Crippen molar-refractivity contribution in [2.45, 2.75) is 63.1 Å². The minimum Gasteiger partial charge on any atom is -0.326 e. The minimum atomic E-state index is 0.363. The van der Waals surface area contributed by atoms with Gasteiger partial charge in [-0.3, -0.25) is 4.90 Å². The van der Waals surface area contributed by atoms with Crippen LogP contribution in [-0.2, 0) is 0 Å². The van der Waals surface area contributed by atoms with E-state index in [2.05, 4.69) is 16.7 Å². The summed E-state index contributed by atoms with van der Waals surface area (Å²) in [5.74, 6) is 0. The minimum absolute atomic E-state index is 0.363. The van der Waals surface area contributed by atoms with Crippen molar-refractivity contribution in [3.63, 3.8) is 0 Å². The first kappa shape index (κ1) is 11.9. The standard InChI is InChI=1S/C14H27N3/c1-2-8-17-9-5-13(15)14(17)6-10-16(11-7-14)12-3-4-12/h12-13H,2-11,15H2,1H3. The highest BCUT2D eigenvalue weighted by Crippen LogP contribution is 2.40. The maximum atomic E-state index is 6.44. The molecule has 2 heterocycles. The van der Waals surface area contributed by atoms with Crippen LogP contribution >= 0.6 is 0 Å². The van der Waals surface area contributed by atoms with Gasteiger partial charge in [0, 0.05) is 37.3 Å². The molecule has 0 radical (unpaired) electrons. The van der Waals surface area contributed by atoms with E-state index in [1.807, 2.05) is 0 Å². The second-order valence-corrected chi connectivity index (χ2v) is 6.25. The van der Waals surface area contributed by atoms with Gasteiger partial charge < -0.3 is 10.6 Å². The smallest absolute Gasteiger partial charge is 0.0385 e. The molecule has 3 aliphatic rings. The third-order valence-electron chi connectivity index (χ3n) is 5.25. The largest absolute Gasteiger partial charge is 0.326 e. The summed E-state index contributed by atoms with van der Waals surface area (Å²) in [6, 6.07) is 1.36. The van der Waals surface area contributed by atoms with Crippen molar-refractivity contribution in [2.24, 2.45) is 5.73 Å². The highest BCUT2D eigenvalue weighted by molar-refractivity contribution is 5.08. The Morgan fingerprint density at radius 1 is 1.12 bits per heavy atom. The summed E-state index contributed by atoms with van der Waals surface area (Å²) < 4.78 is 0. The molecule has 3 nitrogen and oxygen atoms in total. The molecule has 1 spiro atoms. The van der Waals surface area contributed by atoms with Gasteiger partial charge in [0.25, 0.3) is 0 Å². The third kappa shape index (κ3) is 2.02. The number of nitrogens with two attached hydrogens (primary N) is 1. The normalized spacial score (nSPS) is 34.6. The Morgan fingerprint density at radius 2 is 1.82 bits per heavy atom. The van der Waals surface area contributed by atoms with E-state index in [0.29, 0.717) is 11.6 Å². The third-order valence-corrected chi connectivity index (χ3v) is 5.25. The van der Waals surface area contributed by atoms with Crippen LogP contribution in [0.25, 0.3) is 0 Å². The predicted octanol–water partition coefficient (Wildman–Crippen LogP) is 1.43. The van der Waals surface area contributed by atoms with Crippen LogP contribution in [0.4, 0.5) is 0 Å². The molecule has 1 unspecified atom stereocenters. The first-order chi connectivity index (χ1) is 8.26. The van der Waals surface area contributed by atoms with E-state index in [-0.39, 0.29) is 0 Å². The second kappa shape index (κ2) is 4.52. The van der Waals surface area contributed by atoms with E-state index < -0.39 is 0 Å². The maximum absolute atomic E-state index is 6.44. The van der Waals surface area contributed by atoms with Gasteiger partial charge in [0.15, 0.2) is 0 Å². The monoisotopic (exact) mass is 237 g/mol. The van der Waals surface area contributed by atoms with Gasteiger partial charge in [0.05, 0.1) is 0 Å². The first-order valence-corrected chi connectivity index (χ1v) is 7.51. The van der Waals surface area contributed by atoms with E-state index in [4.69, 9.17) is 5.73 Å². The molecule has 0 aromatic rings. The predicted molar refractivity (Wildman–Crippen MR) is 71.0 cm³/mol. The molecule has 0 aromatic heterocycles. The van der Waals surface area contributed by atoms with Crippen LogP contribution < -0.4 is 5.73 Å². The van der Waals surface area contributed by atoms with Crippen molar-refractivity contribution in [1.29, 1.82) is 0 Å². The first-order valence-electron chi connectivity index (χ1n) is 7.51. The van der Waals surface area contributed by atoms with Crippen molar-refractivity contribution < 1.29 is 0 Å². The summed E-state index contributed by atoms with van der Waals surface area (Å²) in [5, 5.41) is 0. The lowest BCUT2D eigenvalue weighted by molar-refractivity contribution is 0.0408. The molecule has 1 saturated carbocycles. The van der Waals surface area contributed by atoms with Crippen LogP contribution in [0, 0.1) is 0 Å². The molecule has 17 heavy (non-hydrogen) atoms. The topological polar surface area (TPSA) is 32.5 Å². The molecule has 0 bridgehead atoms. The molecular weight excluding hydrogens is 210 g/mol. The van der Waals surface area contributed by atoms with Gasteiger partial charge in [0.2, 0.25) is 0 Å². The molecule has 3 rings (SSSR count). The zero-order valence-electron chi connectivity index (χ0n) is 11.2. The van der Waals surface area contributed by atoms with E-state index in [1.165, 1.54) is 64.7 Å². The fourth-order valence-corrected chi connectivity index (χ4v) is 4.03. The lowest BCUT2D eigenvalue weighted by atomic mass is 9.81. The zero-order chi connectivity index (χ0) is 11.9. The Labute approximate surface area is 105 Å². The lowest BCUT2D eigenvalue weighted by Gasteiger charge is -2.47. The fourth-order valence-electron chi connectivity index (χ4n) is 4.03. The summed E-state index contributed by atoms with van der Waals surface area (Å²) in [6.07, 6.45) is 7.98. The van der Waals surface area contributed by atoms with Gasteiger partial charge in [-0.1, -0.05) is 6.92 Å². The van der Waals surface area contributed by atoms with E-state index in [0.717, 1.165) is 6.04 Å². The van der Waals surface area contributed by atoms with Crippen LogP contribution in [0.1, 0.15) is 45.4 Å². The van der Waals surface area contributed by atoms with Crippen LogP contribution in [0.5, 0.6) is 0 Å². The molecule has 1 atom stereocenters. The average Bonchev–Trinajstić information content (AvgIpc) is 3.14. The summed E-state index contributed by atoms with van der Waals surface area (Å²) in [5.41, 5.74) is 6.80. The summed E-state index contributed by atoms with van der Waals surface area (Å²) >= 11 is 0. The molecule has 0 amide bonds. The molecule has 1 aliphatic carbocycles. The van der Waals surface area contributed by atoms with Crippen LogP contribution in [-0.4, -0.2) is 53.6 Å². The Kier molecular flexibility index (Phi) is 3.18. The molecule has 2 saturated heterocycles. The Bertz CT molecular complexity index is 265. The Balaban J connectivity index is 1.67. The maximum Gasteiger partial charge on any atom is 0.0385 e. The Hall–Kier alpha value is -0.120. The number of nitrogens with zero attached hydrogens (tertiary/aromatic N) is 2. The summed E-state index contributed by atoms with van der Waals surface area (Å²) in [7, 11) is 0. The van der Waals surface area contributed by atoms with Gasteiger partial charge in [0.1, 0.15) is 0 Å². The fraction of sp³-hybridized carbons (Fsp3) is 1.00. The summed E-state index contributed by atoms with van der Waals surface area (Å²) in [4.78, 5) is 5.42. The number of likely N-dealkylation sites (tertiary alicyclic amines) is 2. The number of rotatable bonds is 3. The number of hydrogen-bond acceptors (Lipinski definition) is 3. The van der Waals surface area contributed by atoms with E-state index in [9.17, 15) is 0 Å². The van der Waals surface area contributed by atoms with Gasteiger partial charge in [-0.2, -0.15) is 0 Å². The van der Waals surface area contributed by atoms with Crippen molar-refractivity contribution in [2.75, 3.05) is 26.2 Å². The highest BCUT2D eigenvalue weighted by Gasteiger charge is 2.49. The van der Waals surface area contributed by atoms with Gasteiger partial charge >= 0.3 is 0 Å². The number of hydrogen-bond donors (Lipinski definition) is 1.